The van der Waals surface area contributed by atoms with Crippen molar-refractivity contribution in [2.45, 2.75) is 12.8 Å². The summed E-state index contributed by atoms with van der Waals surface area (Å²) < 4.78 is 12.1. The minimum absolute atomic E-state index is 0.0415. The maximum Gasteiger partial charge on any atom is 0.303 e. The van der Waals surface area contributed by atoms with Crippen LogP contribution in [0.25, 0.3) is 5.69 Å². The van der Waals surface area contributed by atoms with E-state index < -0.39 is 5.97 Å². The molecule has 0 saturated carbocycles. The zero-order chi connectivity index (χ0) is 13.2. The highest BCUT2D eigenvalue weighted by Crippen LogP contribution is 2.33. The van der Waals surface area contributed by atoms with Gasteiger partial charge in [-0.3, -0.25) is 4.79 Å². The number of hydrogen-bond donors (Lipinski definition) is 1. The molecule has 1 aliphatic rings. The van der Waals surface area contributed by atoms with E-state index in [-0.39, 0.29) is 13.2 Å². The fourth-order valence-corrected chi connectivity index (χ4v) is 1.80. The predicted molar refractivity (Wildman–Crippen MR) is 63.4 cm³/mol. The number of carbonyl (C=O) groups is 1. The molecule has 0 atom stereocenters. The SMILES string of the molecule is O=C(O)CCc1cn(-c2ccc3c(c2)OCO3)nn1. The highest BCUT2D eigenvalue weighted by atomic mass is 16.7. The molecular formula is C12H11N3O4. The third-order valence-corrected chi connectivity index (χ3v) is 2.76. The zero-order valence-electron chi connectivity index (χ0n) is 9.94. The molecule has 3 rings (SSSR count). The highest BCUT2D eigenvalue weighted by molar-refractivity contribution is 5.66. The van der Waals surface area contributed by atoms with Crippen LogP contribution in [0.5, 0.6) is 11.5 Å². The van der Waals surface area contributed by atoms with Crippen LogP contribution in [0.1, 0.15) is 12.1 Å². The van der Waals surface area contributed by atoms with Gasteiger partial charge in [0.15, 0.2) is 11.5 Å². The van der Waals surface area contributed by atoms with Gasteiger partial charge in [-0.1, -0.05) is 5.21 Å². The Bertz CT molecular complexity index is 623. The van der Waals surface area contributed by atoms with E-state index in [1.807, 2.05) is 6.07 Å². The summed E-state index contributed by atoms with van der Waals surface area (Å²) in [4.78, 5) is 10.5. The molecule has 7 nitrogen and oxygen atoms in total. The van der Waals surface area contributed by atoms with E-state index in [1.165, 1.54) is 0 Å². The molecule has 1 aromatic heterocycles. The van der Waals surface area contributed by atoms with E-state index in [0.717, 1.165) is 5.69 Å². The van der Waals surface area contributed by atoms with E-state index in [2.05, 4.69) is 10.3 Å². The van der Waals surface area contributed by atoms with Crippen LogP contribution in [0.3, 0.4) is 0 Å². The van der Waals surface area contributed by atoms with Crippen LogP contribution in [0.2, 0.25) is 0 Å². The largest absolute Gasteiger partial charge is 0.481 e. The maximum absolute atomic E-state index is 10.5. The zero-order valence-corrected chi connectivity index (χ0v) is 9.94. The minimum Gasteiger partial charge on any atom is -0.481 e. The summed E-state index contributed by atoms with van der Waals surface area (Å²) in [6.07, 6.45) is 2.11. The smallest absolute Gasteiger partial charge is 0.303 e. The number of aromatic nitrogens is 3. The Hall–Kier alpha value is -2.57. The van der Waals surface area contributed by atoms with E-state index in [0.29, 0.717) is 23.6 Å². The number of rotatable bonds is 4. The van der Waals surface area contributed by atoms with Gasteiger partial charge in [-0.15, -0.1) is 5.10 Å². The Kier molecular flexibility index (Phi) is 2.79. The van der Waals surface area contributed by atoms with Crippen LogP contribution in [0, 0.1) is 0 Å². The minimum atomic E-state index is -0.849. The van der Waals surface area contributed by atoms with Gasteiger partial charge in [0.2, 0.25) is 6.79 Å². The summed E-state index contributed by atoms with van der Waals surface area (Å²) in [6.45, 7) is 0.222. The van der Waals surface area contributed by atoms with E-state index in [9.17, 15) is 4.79 Å². The lowest BCUT2D eigenvalue weighted by atomic mass is 10.2. The van der Waals surface area contributed by atoms with Crippen LogP contribution in [-0.4, -0.2) is 32.9 Å². The van der Waals surface area contributed by atoms with Crippen LogP contribution in [0.4, 0.5) is 0 Å². The van der Waals surface area contributed by atoms with Crippen molar-refractivity contribution >= 4 is 5.97 Å². The molecule has 0 fully saturated rings. The fraction of sp³-hybridized carbons (Fsp3) is 0.250. The fourth-order valence-electron chi connectivity index (χ4n) is 1.80. The summed E-state index contributed by atoms with van der Waals surface area (Å²) in [5.41, 5.74) is 1.43. The lowest BCUT2D eigenvalue weighted by Gasteiger charge is -2.01. The molecule has 0 radical (unpaired) electrons. The van der Waals surface area contributed by atoms with Crippen molar-refractivity contribution in [1.82, 2.24) is 15.0 Å². The van der Waals surface area contributed by atoms with Gasteiger partial charge < -0.3 is 14.6 Å². The second kappa shape index (κ2) is 4.60. The first-order valence-corrected chi connectivity index (χ1v) is 5.75. The molecule has 0 amide bonds. The topological polar surface area (TPSA) is 86.5 Å². The quantitative estimate of drug-likeness (QED) is 0.884. The van der Waals surface area contributed by atoms with Crippen molar-refractivity contribution in [2.75, 3.05) is 6.79 Å². The van der Waals surface area contributed by atoms with Crippen molar-refractivity contribution < 1.29 is 19.4 Å². The molecule has 1 N–H and O–H groups in total. The van der Waals surface area contributed by atoms with Gasteiger partial charge in [-0.05, 0) is 12.1 Å². The number of nitrogens with zero attached hydrogens (tertiary/aromatic N) is 3. The molecule has 1 aliphatic heterocycles. The average Bonchev–Trinajstić information content (AvgIpc) is 3.04. The maximum atomic E-state index is 10.5. The molecule has 0 bridgehead atoms. The van der Waals surface area contributed by atoms with Crippen LogP contribution in [-0.2, 0) is 11.2 Å². The first kappa shape index (κ1) is 11.5. The van der Waals surface area contributed by atoms with Crippen molar-refractivity contribution in [1.29, 1.82) is 0 Å². The van der Waals surface area contributed by atoms with Crippen LogP contribution >= 0.6 is 0 Å². The molecule has 0 spiro atoms. The number of aryl methyl sites for hydroxylation is 1. The molecule has 0 saturated heterocycles. The van der Waals surface area contributed by atoms with Crippen molar-refractivity contribution in [2.24, 2.45) is 0 Å². The number of carboxylic acid groups (broad SMARTS) is 1. The highest BCUT2D eigenvalue weighted by Gasteiger charge is 2.14. The van der Waals surface area contributed by atoms with Crippen molar-refractivity contribution in [3.05, 3.63) is 30.1 Å². The summed E-state index contributed by atoms with van der Waals surface area (Å²) >= 11 is 0. The number of benzene rings is 1. The van der Waals surface area contributed by atoms with Crippen molar-refractivity contribution in [3.8, 4) is 17.2 Å². The average molecular weight is 261 g/mol. The summed E-state index contributed by atoms with van der Waals surface area (Å²) in [5, 5.41) is 16.5. The Morgan fingerprint density at radius 2 is 2.21 bits per heavy atom. The standard InChI is InChI=1S/C12H11N3O4/c16-12(17)4-1-8-6-15(14-13-8)9-2-3-10-11(5-9)19-7-18-10/h2-3,5-6H,1,4,7H2,(H,16,17). The van der Waals surface area contributed by atoms with Gasteiger partial charge in [0.05, 0.1) is 24.0 Å². The van der Waals surface area contributed by atoms with Gasteiger partial charge >= 0.3 is 5.97 Å². The normalized spacial score (nSPS) is 12.6. The molecule has 98 valence electrons. The van der Waals surface area contributed by atoms with E-state index in [1.54, 1.807) is 23.0 Å². The summed E-state index contributed by atoms with van der Waals surface area (Å²) in [5.74, 6) is 0.521. The number of aliphatic carboxylic acids is 1. The van der Waals surface area contributed by atoms with Crippen LogP contribution in [0.15, 0.2) is 24.4 Å². The monoisotopic (exact) mass is 261 g/mol. The molecule has 2 aromatic rings. The number of fused-ring (bicyclic) bond motifs is 1. The predicted octanol–water partition coefficient (Wildman–Crippen LogP) is 1.01. The van der Waals surface area contributed by atoms with Crippen LogP contribution < -0.4 is 9.47 Å². The van der Waals surface area contributed by atoms with Gasteiger partial charge in [-0.2, -0.15) is 0 Å². The Labute approximate surface area is 108 Å². The molecule has 0 aliphatic carbocycles. The number of carboxylic acids is 1. The number of ether oxygens (including phenoxy) is 2. The molecule has 19 heavy (non-hydrogen) atoms. The van der Waals surface area contributed by atoms with Gasteiger partial charge in [-0.25, -0.2) is 4.68 Å². The second-order valence-electron chi connectivity index (χ2n) is 4.09. The summed E-state index contributed by atoms with van der Waals surface area (Å²) in [6, 6.07) is 5.44. The molecular weight excluding hydrogens is 250 g/mol. The van der Waals surface area contributed by atoms with E-state index >= 15 is 0 Å². The first-order valence-electron chi connectivity index (χ1n) is 5.75. The molecule has 7 heteroatoms. The molecule has 0 unspecified atom stereocenters. The number of hydrogen-bond acceptors (Lipinski definition) is 5. The van der Waals surface area contributed by atoms with Gasteiger partial charge in [0.25, 0.3) is 0 Å². The third-order valence-electron chi connectivity index (χ3n) is 2.76. The molecule has 1 aromatic carbocycles. The van der Waals surface area contributed by atoms with E-state index in [4.69, 9.17) is 14.6 Å². The Balaban J connectivity index is 1.80. The third kappa shape index (κ3) is 2.35. The summed E-state index contributed by atoms with van der Waals surface area (Å²) in [7, 11) is 0. The van der Waals surface area contributed by atoms with Gasteiger partial charge in [0.1, 0.15) is 0 Å². The Morgan fingerprint density at radius 3 is 3.05 bits per heavy atom. The van der Waals surface area contributed by atoms with Gasteiger partial charge in [0, 0.05) is 12.5 Å². The lowest BCUT2D eigenvalue weighted by Crippen LogP contribution is -1.97. The Morgan fingerprint density at radius 1 is 1.37 bits per heavy atom. The van der Waals surface area contributed by atoms with Crippen molar-refractivity contribution in [3.63, 3.8) is 0 Å². The lowest BCUT2D eigenvalue weighted by molar-refractivity contribution is -0.136. The second-order valence-corrected chi connectivity index (χ2v) is 4.09. The first-order chi connectivity index (χ1) is 9.22. The molecule has 2 heterocycles.